The Bertz CT molecular complexity index is 371. The lowest BCUT2D eigenvalue weighted by Crippen LogP contribution is -2.23. The van der Waals surface area contributed by atoms with Gasteiger partial charge in [-0.15, -0.1) is 0 Å². The average Bonchev–Trinajstić information content (AvgIpc) is 2.57. The molecular weight excluding hydrogens is 208 g/mol. The van der Waals surface area contributed by atoms with Crippen LogP contribution in [-0.2, 0) is 9.53 Å². The second-order valence-corrected chi connectivity index (χ2v) is 3.32. The van der Waals surface area contributed by atoms with Crippen molar-refractivity contribution in [3.8, 4) is 0 Å². The number of allylic oxidation sites excluding steroid dienone is 2. The van der Waals surface area contributed by atoms with Crippen molar-refractivity contribution in [3.05, 3.63) is 24.4 Å². The van der Waals surface area contributed by atoms with E-state index in [0.29, 0.717) is 12.2 Å². The molecule has 1 atom stereocenters. The Labute approximate surface area is 94.1 Å². The van der Waals surface area contributed by atoms with E-state index in [1.165, 1.54) is 18.0 Å². The number of hydrogen-bond acceptors (Lipinski definition) is 3. The van der Waals surface area contributed by atoms with Gasteiger partial charge in [0.2, 0.25) is 5.91 Å². The van der Waals surface area contributed by atoms with Gasteiger partial charge in [-0.05, 0) is 13.0 Å². The standard InChI is InChI=1S/C11H14N2O3/c1-4-5-8(2)13-7-10(16-11(13)15)6-12-9(3)14/h4-6,10H,2,7H2,1,3H3/b5-4-,12-6?/t10-/m0/s1. The SMILES string of the molecule is C=C(/C=C\C)N1C[C@H](C=NC(C)=O)OC1=O. The normalized spacial score (nSPS) is 20.8. The van der Waals surface area contributed by atoms with Crippen LogP contribution < -0.4 is 0 Å². The maximum atomic E-state index is 11.4. The first kappa shape index (κ1) is 12.2. The van der Waals surface area contributed by atoms with Gasteiger partial charge in [0.1, 0.15) is 0 Å². The monoisotopic (exact) mass is 222 g/mol. The Morgan fingerprint density at radius 3 is 2.94 bits per heavy atom. The molecule has 0 unspecified atom stereocenters. The van der Waals surface area contributed by atoms with Crippen molar-refractivity contribution in [3.63, 3.8) is 0 Å². The number of cyclic esters (lactones) is 1. The van der Waals surface area contributed by atoms with Crippen molar-refractivity contribution >= 4 is 18.2 Å². The van der Waals surface area contributed by atoms with Crippen molar-refractivity contribution in [2.24, 2.45) is 4.99 Å². The lowest BCUT2D eigenvalue weighted by molar-refractivity contribution is -0.115. The number of hydrogen-bond donors (Lipinski definition) is 0. The lowest BCUT2D eigenvalue weighted by Gasteiger charge is -2.11. The van der Waals surface area contributed by atoms with Gasteiger partial charge < -0.3 is 4.74 Å². The Hall–Kier alpha value is -1.91. The summed E-state index contributed by atoms with van der Waals surface area (Å²) in [6, 6.07) is 0. The molecule has 86 valence electrons. The molecule has 5 nitrogen and oxygen atoms in total. The van der Waals surface area contributed by atoms with E-state index >= 15 is 0 Å². The maximum Gasteiger partial charge on any atom is 0.415 e. The first-order chi connectivity index (χ1) is 7.54. The lowest BCUT2D eigenvalue weighted by atomic mass is 10.3. The second kappa shape index (κ2) is 5.25. The van der Waals surface area contributed by atoms with E-state index < -0.39 is 12.2 Å². The zero-order valence-electron chi connectivity index (χ0n) is 9.34. The van der Waals surface area contributed by atoms with Crippen LogP contribution in [-0.4, -0.2) is 35.8 Å². The highest BCUT2D eigenvalue weighted by Crippen LogP contribution is 2.15. The topological polar surface area (TPSA) is 59.0 Å². The summed E-state index contributed by atoms with van der Waals surface area (Å²) in [5, 5.41) is 0. The Balaban J connectivity index is 2.64. The average molecular weight is 222 g/mol. The summed E-state index contributed by atoms with van der Waals surface area (Å²) in [6.45, 7) is 7.24. The van der Waals surface area contributed by atoms with E-state index in [0.717, 1.165) is 0 Å². The first-order valence-electron chi connectivity index (χ1n) is 4.89. The van der Waals surface area contributed by atoms with E-state index in [1.54, 1.807) is 12.2 Å². The van der Waals surface area contributed by atoms with Crippen molar-refractivity contribution in [1.29, 1.82) is 0 Å². The minimum absolute atomic E-state index is 0.318. The molecular formula is C11H14N2O3. The Kier molecular flexibility index (Phi) is 3.99. The molecule has 0 aromatic rings. The molecule has 1 rings (SSSR count). The predicted octanol–water partition coefficient (Wildman–Crippen LogP) is 1.51. The highest BCUT2D eigenvalue weighted by atomic mass is 16.6. The number of ether oxygens (including phenoxy) is 1. The molecule has 2 amide bonds. The third-order valence-electron chi connectivity index (χ3n) is 1.96. The van der Waals surface area contributed by atoms with E-state index in [2.05, 4.69) is 11.6 Å². The maximum absolute atomic E-state index is 11.4. The van der Waals surface area contributed by atoms with Gasteiger partial charge in [0.05, 0.1) is 12.8 Å². The number of carbonyl (C=O) groups excluding carboxylic acids is 2. The van der Waals surface area contributed by atoms with Crippen LogP contribution in [0.1, 0.15) is 13.8 Å². The van der Waals surface area contributed by atoms with Crippen molar-refractivity contribution < 1.29 is 14.3 Å². The first-order valence-corrected chi connectivity index (χ1v) is 4.89. The summed E-state index contributed by atoms with van der Waals surface area (Å²) in [5.41, 5.74) is 0.561. The van der Waals surface area contributed by atoms with Crippen LogP contribution in [0, 0.1) is 0 Å². The van der Waals surface area contributed by atoms with Crippen LogP contribution in [0.2, 0.25) is 0 Å². The zero-order valence-corrected chi connectivity index (χ0v) is 9.34. The van der Waals surface area contributed by atoms with Crippen molar-refractivity contribution in [2.45, 2.75) is 20.0 Å². The van der Waals surface area contributed by atoms with Gasteiger partial charge in [-0.2, -0.15) is 0 Å². The number of nitrogens with zero attached hydrogens (tertiary/aromatic N) is 2. The molecule has 5 heteroatoms. The summed E-state index contributed by atoms with van der Waals surface area (Å²) in [7, 11) is 0. The third-order valence-corrected chi connectivity index (χ3v) is 1.96. The summed E-state index contributed by atoms with van der Waals surface area (Å²) in [6.07, 6.45) is 3.88. The molecule has 0 aromatic carbocycles. The van der Waals surface area contributed by atoms with E-state index in [-0.39, 0.29) is 5.91 Å². The predicted molar refractivity (Wildman–Crippen MR) is 60.1 cm³/mol. The van der Waals surface area contributed by atoms with Crippen molar-refractivity contribution in [1.82, 2.24) is 4.90 Å². The van der Waals surface area contributed by atoms with Gasteiger partial charge in [-0.25, -0.2) is 9.79 Å². The summed E-state index contributed by atoms with van der Waals surface area (Å²) >= 11 is 0. The van der Waals surface area contributed by atoms with Gasteiger partial charge >= 0.3 is 6.09 Å². The Morgan fingerprint density at radius 1 is 1.69 bits per heavy atom. The van der Waals surface area contributed by atoms with Crippen LogP contribution in [0.15, 0.2) is 29.4 Å². The number of amides is 2. The quantitative estimate of drug-likeness (QED) is 0.537. The number of aliphatic imine (C=N–C) groups is 1. The molecule has 16 heavy (non-hydrogen) atoms. The van der Waals surface area contributed by atoms with Gasteiger partial charge in [-0.1, -0.05) is 12.7 Å². The molecule has 1 saturated heterocycles. The fourth-order valence-electron chi connectivity index (χ4n) is 1.27. The van der Waals surface area contributed by atoms with Crippen LogP contribution in [0.25, 0.3) is 0 Å². The van der Waals surface area contributed by atoms with Crippen molar-refractivity contribution in [2.75, 3.05) is 6.54 Å². The molecule has 0 saturated carbocycles. The molecule has 1 fully saturated rings. The van der Waals surface area contributed by atoms with E-state index in [9.17, 15) is 9.59 Å². The summed E-state index contributed by atoms with van der Waals surface area (Å²) in [4.78, 5) is 27.0. The minimum Gasteiger partial charge on any atom is -0.438 e. The molecule has 1 aliphatic rings. The molecule has 0 spiro atoms. The van der Waals surface area contributed by atoms with E-state index in [1.807, 2.05) is 6.92 Å². The molecule has 1 aliphatic heterocycles. The second-order valence-electron chi connectivity index (χ2n) is 3.32. The van der Waals surface area contributed by atoms with Gasteiger partial charge in [-0.3, -0.25) is 9.69 Å². The molecule has 1 heterocycles. The summed E-state index contributed by atoms with van der Waals surface area (Å²) < 4.78 is 4.98. The highest BCUT2D eigenvalue weighted by molar-refractivity contribution is 5.87. The summed E-state index contributed by atoms with van der Waals surface area (Å²) in [5.74, 6) is -0.318. The van der Waals surface area contributed by atoms with Crippen LogP contribution in [0.3, 0.4) is 0 Å². The number of carbonyl (C=O) groups is 2. The van der Waals surface area contributed by atoms with Gasteiger partial charge in [0.25, 0.3) is 0 Å². The molecule has 0 aliphatic carbocycles. The van der Waals surface area contributed by atoms with Gasteiger partial charge in [0, 0.05) is 12.6 Å². The minimum atomic E-state index is -0.488. The molecule has 0 bridgehead atoms. The highest BCUT2D eigenvalue weighted by Gasteiger charge is 2.31. The van der Waals surface area contributed by atoms with Gasteiger partial charge in [0.15, 0.2) is 6.10 Å². The fourth-order valence-corrected chi connectivity index (χ4v) is 1.27. The van der Waals surface area contributed by atoms with Crippen LogP contribution >= 0.6 is 0 Å². The van der Waals surface area contributed by atoms with E-state index in [4.69, 9.17) is 4.74 Å². The number of rotatable bonds is 3. The molecule has 0 aromatic heterocycles. The Morgan fingerprint density at radius 2 is 2.38 bits per heavy atom. The smallest absolute Gasteiger partial charge is 0.415 e. The molecule has 0 radical (unpaired) electrons. The zero-order chi connectivity index (χ0) is 12.1. The van der Waals surface area contributed by atoms with Crippen LogP contribution in [0.4, 0.5) is 4.79 Å². The molecule has 0 N–H and O–H groups in total. The largest absolute Gasteiger partial charge is 0.438 e. The van der Waals surface area contributed by atoms with Crippen LogP contribution in [0.5, 0.6) is 0 Å². The fraction of sp³-hybridized carbons (Fsp3) is 0.364. The third kappa shape index (κ3) is 3.05.